The number of benzene rings is 2. The van der Waals surface area contributed by atoms with Gasteiger partial charge in [0.1, 0.15) is 11.6 Å². The quantitative estimate of drug-likeness (QED) is 0.493. The molecule has 0 amide bonds. The molecule has 0 aliphatic carbocycles. The van der Waals surface area contributed by atoms with Crippen molar-refractivity contribution in [1.29, 1.82) is 0 Å². The highest BCUT2D eigenvalue weighted by atomic mass is 16.5. The van der Waals surface area contributed by atoms with Gasteiger partial charge in [0.15, 0.2) is 0 Å². The maximum Gasteiger partial charge on any atom is 0.128 e. The van der Waals surface area contributed by atoms with Gasteiger partial charge in [-0.2, -0.15) is 0 Å². The number of pyridine rings is 2. The summed E-state index contributed by atoms with van der Waals surface area (Å²) in [6.45, 7) is 2.74. The monoisotopic (exact) mass is 370 g/mol. The molecule has 0 aliphatic heterocycles. The van der Waals surface area contributed by atoms with E-state index < -0.39 is 0 Å². The fraction of sp³-hybridized carbons (Fsp3) is 0.130. The Morgan fingerprint density at radius 2 is 1.82 bits per heavy atom. The van der Waals surface area contributed by atoms with Crippen LogP contribution in [0.15, 0.2) is 66.9 Å². The van der Waals surface area contributed by atoms with Crippen molar-refractivity contribution in [3.8, 4) is 17.0 Å². The molecule has 140 valence electrons. The molecule has 5 nitrogen and oxygen atoms in total. The molecule has 0 saturated carbocycles. The summed E-state index contributed by atoms with van der Waals surface area (Å²) < 4.78 is 5.19. The number of hydrogen-bond donors (Lipinski definition) is 2. The van der Waals surface area contributed by atoms with Gasteiger partial charge in [0.05, 0.1) is 18.3 Å². The number of methoxy groups -OCH3 is 1. The number of nitrogens with one attached hydrogen (secondary N) is 1. The number of fused-ring (bicyclic) bond motifs is 1. The third-order valence-corrected chi connectivity index (χ3v) is 4.74. The fourth-order valence-electron chi connectivity index (χ4n) is 3.11. The van der Waals surface area contributed by atoms with Crippen LogP contribution in [0.4, 0.5) is 11.5 Å². The molecule has 2 aromatic carbocycles. The summed E-state index contributed by atoms with van der Waals surface area (Å²) >= 11 is 0. The summed E-state index contributed by atoms with van der Waals surface area (Å²) in [6, 6.07) is 19.9. The van der Waals surface area contributed by atoms with Crippen molar-refractivity contribution in [2.24, 2.45) is 0 Å². The van der Waals surface area contributed by atoms with E-state index in [1.807, 2.05) is 66.9 Å². The van der Waals surface area contributed by atoms with Crippen LogP contribution in [-0.2, 0) is 6.54 Å². The van der Waals surface area contributed by atoms with E-state index in [1.165, 1.54) is 0 Å². The van der Waals surface area contributed by atoms with Crippen molar-refractivity contribution < 1.29 is 4.74 Å². The molecule has 2 heterocycles. The van der Waals surface area contributed by atoms with Gasteiger partial charge in [-0.05, 0) is 54.4 Å². The van der Waals surface area contributed by atoms with Crippen LogP contribution in [0.2, 0.25) is 0 Å². The Morgan fingerprint density at radius 3 is 2.61 bits per heavy atom. The van der Waals surface area contributed by atoms with Crippen molar-refractivity contribution in [2.75, 3.05) is 18.2 Å². The van der Waals surface area contributed by atoms with E-state index in [1.54, 1.807) is 7.11 Å². The highest BCUT2D eigenvalue weighted by molar-refractivity contribution is 5.83. The number of nitrogens with zero attached hydrogens (tertiary/aromatic N) is 2. The minimum absolute atomic E-state index is 0.677. The molecular formula is C23H22N4O. The Bertz CT molecular complexity index is 1120. The smallest absolute Gasteiger partial charge is 0.128 e. The Kier molecular flexibility index (Phi) is 4.81. The molecule has 0 bridgehead atoms. The Hall–Kier alpha value is -3.60. The predicted octanol–water partition coefficient (Wildman–Crippen LogP) is 4.81. The summed E-state index contributed by atoms with van der Waals surface area (Å²) in [5.41, 5.74) is 11.8. The van der Waals surface area contributed by atoms with Crippen molar-refractivity contribution in [3.63, 3.8) is 0 Å². The third kappa shape index (κ3) is 3.74. The van der Waals surface area contributed by atoms with Gasteiger partial charge in [0, 0.05) is 35.4 Å². The normalized spacial score (nSPS) is 10.8. The van der Waals surface area contributed by atoms with Crippen LogP contribution in [-0.4, -0.2) is 17.1 Å². The molecule has 2 aromatic heterocycles. The molecule has 0 atom stereocenters. The number of hydrogen-bond acceptors (Lipinski definition) is 5. The molecule has 4 aromatic rings. The molecule has 28 heavy (non-hydrogen) atoms. The second-order valence-electron chi connectivity index (χ2n) is 6.73. The first kappa shape index (κ1) is 17.8. The number of anilines is 2. The summed E-state index contributed by atoms with van der Waals surface area (Å²) in [5, 5.41) is 4.36. The lowest BCUT2D eigenvalue weighted by molar-refractivity contribution is 0.414. The van der Waals surface area contributed by atoms with Crippen molar-refractivity contribution in [3.05, 3.63) is 78.0 Å². The summed E-state index contributed by atoms with van der Waals surface area (Å²) in [5.74, 6) is 1.64. The second kappa shape index (κ2) is 7.56. The van der Waals surface area contributed by atoms with Crippen molar-refractivity contribution in [2.45, 2.75) is 13.5 Å². The van der Waals surface area contributed by atoms with Crippen LogP contribution >= 0.6 is 0 Å². The molecule has 0 spiro atoms. The maximum absolute atomic E-state index is 5.96. The second-order valence-corrected chi connectivity index (χ2v) is 6.73. The third-order valence-electron chi connectivity index (χ3n) is 4.74. The van der Waals surface area contributed by atoms with E-state index in [-0.39, 0.29) is 0 Å². The van der Waals surface area contributed by atoms with Crippen LogP contribution in [0, 0.1) is 6.92 Å². The number of aryl methyl sites for hydroxylation is 1. The van der Waals surface area contributed by atoms with E-state index in [2.05, 4.69) is 17.2 Å². The minimum atomic E-state index is 0.677. The van der Waals surface area contributed by atoms with Gasteiger partial charge in [-0.1, -0.05) is 18.2 Å². The zero-order valence-corrected chi connectivity index (χ0v) is 15.9. The Balaban J connectivity index is 1.59. The van der Waals surface area contributed by atoms with Gasteiger partial charge in [-0.25, -0.2) is 9.97 Å². The van der Waals surface area contributed by atoms with Crippen LogP contribution in [0.25, 0.3) is 22.2 Å². The average Bonchev–Trinajstić information content (AvgIpc) is 2.73. The molecule has 0 radical (unpaired) electrons. The van der Waals surface area contributed by atoms with E-state index in [0.717, 1.165) is 50.5 Å². The summed E-state index contributed by atoms with van der Waals surface area (Å²) in [6.07, 6.45) is 1.84. The summed E-state index contributed by atoms with van der Waals surface area (Å²) in [7, 11) is 1.67. The van der Waals surface area contributed by atoms with Crippen LogP contribution in [0.5, 0.6) is 5.75 Å². The van der Waals surface area contributed by atoms with Crippen LogP contribution in [0.1, 0.15) is 11.1 Å². The maximum atomic E-state index is 5.96. The van der Waals surface area contributed by atoms with Gasteiger partial charge in [-0.3, -0.25) is 0 Å². The van der Waals surface area contributed by atoms with Gasteiger partial charge in [0.2, 0.25) is 0 Å². The standard InChI is InChI=1S/C23H22N4O/c1-15-3-7-18(24)11-20(15)21-10-6-17-14-26-23(12-22(17)27-21)25-13-16-4-8-19(28-2)9-5-16/h3-12,14H,13,24H2,1-2H3,(H,25,26). The van der Waals surface area contributed by atoms with Crippen molar-refractivity contribution in [1.82, 2.24) is 9.97 Å². The largest absolute Gasteiger partial charge is 0.497 e. The van der Waals surface area contributed by atoms with E-state index in [0.29, 0.717) is 6.54 Å². The van der Waals surface area contributed by atoms with Gasteiger partial charge < -0.3 is 15.8 Å². The lowest BCUT2D eigenvalue weighted by Crippen LogP contribution is -2.01. The number of nitrogen functional groups attached to an aromatic ring is 1. The van der Waals surface area contributed by atoms with Crippen LogP contribution < -0.4 is 15.8 Å². The minimum Gasteiger partial charge on any atom is -0.497 e. The highest BCUT2D eigenvalue weighted by Gasteiger charge is 2.07. The molecule has 4 rings (SSSR count). The molecule has 5 heteroatoms. The zero-order chi connectivity index (χ0) is 19.5. The van der Waals surface area contributed by atoms with E-state index in [9.17, 15) is 0 Å². The predicted molar refractivity (Wildman–Crippen MR) is 114 cm³/mol. The topological polar surface area (TPSA) is 73.1 Å². The van der Waals surface area contributed by atoms with E-state index >= 15 is 0 Å². The number of nitrogens with two attached hydrogens (primary N) is 1. The molecule has 3 N–H and O–H groups in total. The number of rotatable bonds is 5. The first-order valence-electron chi connectivity index (χ1n) is 9.12. The summed E-state index contributed by atoms with van der Waals surface area (Å²) in [4.78, 5) is 9.33. The van der Waals surface area contributed by atoms with Crippen LogP contribution in [0.3, 0.4) is 0 Å². The first-order chi connectivity index (χ1) is 13.6. The zero-order valence-electron chi connectivity index (χ0n) is 15.9. The first-order valence-corrected chi connectivity index (χ1v) is 9.12. The SMILES string of the molecule is COc1ccc(CNc2cc3nc(-c4cc(N)ccc4C)ccc3cn2)cc1. The lowest BCUT2D eigenvalue weighted by Gasteiger charge is -2.10. The molecule has 0 unspecified atom stereocenters. The average molecular weight is 370 g/mol. The molecule has 0 aliphatic rings. The molecular weight excluding hydrogens is 348 g/mol. The Labute approximate surface area is 164 Å². The van der Waals surface area contributed by atoms with Gasteiger partial charge in [0.25, 0.3) is 0 Å². The number of aromatic nitrogens is 2. The highest BCUT2D eigenvalue weighted by Crippen LogP contribution is 2.26. The van der Waals surface area contributed by atoms with E-state index in [4.69, 9.17) is 15.5 Å². The fourth-order valence-corrected chi connectivity index (χ4v) is 3.11. The molecule has 0 saturated heterocycles. The van der Waals surface area contributed by atoms with Gasteiger partial charge in [-0.15, -0.1) is 0 Å². The van der Waals surface area contributed by atoms with Crippen molar-refractivity contribution >= 4 is 22.4 Å². The molecule has 0 fully saturated rings. The Morgan fingerprint density at radius 1 is 1.00 bits per heavy atom. The number of ether oxygens (including phenoxy) is 1. The lowest BCUT2D eigenvalue weighted by atomic mass is 10.0. The van der Waals surface area contributed by atoms with Gasteiger partial charge >= 0.3 is 0 Å².